The Balaban J connectivity index is 1.79. The van der Waals surface area contributed by atoms with Gasteiger partial charge >= 0.3 is 0 Å². The van der Waals surface area contributed by atoms with Crippen molar-refractivity contribution in [2.45, 2.75) is 52.4 Å². The molecule has 0 spiro atoms. The zero-order chi connectivity index (χ0) is 15.3. The molecule has 118 valence electrons. The van der Waals surface area contributed by atoms with Crippen LogP contribution in [0.3, 0.4) is 0 Å². The highest BCUT2D eigenvalue weighted by atomic mass is 16.5. The zero-order valence-corrected chi connectivity index (χ0v) is 14.2. The van der Waals surface area contributed by atoms with Gasteiger partial charge in [0.2, 0.25) is 0 Å². The molecule has 0 aliphatic carbocycles. The molecule has 0 saturated carbocycles. The van der Waals surface area contributed by atoms with Gasteiger partial charge in [0, 0.05) is 12.3 Å². The van der Waals surface area contributed by atoms with E-state index in [0.717, 1.165) is 24.7 Å². The van der Waals surface area contributed by atoms with Gasteiger partial charge in [0.15, 0.2) is 0 Å². The molecule has 0 aromatic heterocycles. The first kappa shape index (κ1) is 16.4. The van der Waals surface area contributed by atoms with Crippen LogP contribution >= 0.6 is 0 Å². The fraction of sp³-hybridized carbons (Fsp3) is 0.684. The third-order valence-corrected chi connectivity index (χ3v) is 4.49. The van der Waals surface area contributed by atoms with Crippen LogP contribution in [0.15, 0.2) is 24.3 Å². The summed E-state index contributed by atoms with van der Waals surface area (Å²) in [6.45, 7) is 13.9. The summed E-state index contributed by atoms with van der Waals surface area (Å²) < 4.78 is 6.07. The normalized spacial score (nSPS) is 23.0. The van der Waals surface area contributed by atoms with Crippen molar-refractivity contribution in [3.63, 3.8) is 0 Å². The number of hydrogen-bond donors (Lipinski definition) is 1. The van der Waals surface area contributed by atoms with E-state index in [4.69, 9.17) is 4.74 Å². The minimum atomic E-state index is 0.143. The van der Waals surface area contributed by atoms with Crippen molar-refractivity contribution in [2.24, 2.45) is 5.92 Å². The van der Waals surface area contributed by atoms with Gasteiger partial charge in [-0.2, -0.15) is 0 Å². The molecule has 1 N–H and O–H groups in total. The van der Waals surface area contributed by atoms with Crippen molar-refractivity contribution >= 4 is 0 Å². The van der Waals surface area contributed by atoms with Crippen LogP contribution in [0.5, 0.6) is 5.75 Å². The van der Waals surface area contributed by atoms with Crippen LogP contribution in [0.2, 0.25) is 0 Å². The molecule has 1 aliphatic heterocycles. The first-order valence-corrected chi connectivity index (χ1v) is 8.52. The fourth-order valence-electron chi connectivity index (χ4n) is 3.34. The molecule has 0 radical (unpaired) electrons. The summed E-state index contributed by atoms with van der Waals surface area (Å²) in [4.78, 5) is 1.77. The van der Waals surface area contributed by atoms with E-state index in [0.29, 0.717) is 0 Å². The molecule has 1 aromatic carbocycles. The van der Waals surface area contributed by atoms with Gasteiger partial charge in [-0.1, -0.05) is 45.9 Å². The van der Waals surface area contributed by atoms with Gasteiger partial charge in [0.05, 0.1) is 26.2 Å². The summed E-state index contributed by atoms with van der Waals surface area (Å²) in [5, 5.41) is 0. The molecular formula is C19H32NO+. The Morgan fingerprint density at radius 3 is 2.71 bits per heavy atom. The summed E-state index contributed by atoms with van der Waals surface area (Å²) in [6.07, 6.45) is 3.96. The lowest BCUT2D eigenvalue weighted by molar-refractivity contribution is -0.908. The first-order valence-electron chi connectivity index (χ1n) is 8.52. The molecule has 2 heteroatoms. The highest BCUT2D eigenvalue weighted by Gasteiger charge is 2.20. The van der Waals surface area contributed by atoms with Gasteiger partial charge in [-0.15, -0.1) is 0 Å². The monoisotopic (exact) mass is 290 g/mol. The predicted octanol–water partition coefficient (Wildman–Crippen LogP) is 3.07. The number of quaternary nitrogens is 1. The lowest BCUT2D eigenvalue weighted by Gasteiger charge is -2.28. The number of para-hydroxylation sites is 1. The summed E-state index contributed by atoms with van der Waals surface area (Å²) >= 11 is 0. The number of nitrogens with one attached hydrogen (secondary N) is 1. The molecule has 1 fully saturated rings. The van der Waals surface area contributed by atoms with Crippen LogP contribution in [0, 0.1) is 5.92 Å². The zero-order valence-electron chi connectivity index (χ0n) is 14.2. The number of hydrogen-bond acceptors (Lipinski definition) is 1. The molecule has 0 bridgehead atoms. The Labute approximate surface area is 130 Å². The van der Waals surface area contributed by atoms with E-state index in [1.165, 1.54) is 38.0 Å². The molecular weight excluding hydrogens is 258 g/mol. The highest BCUT2D eigenvalue weighted by Crippen LogP contribution is 2.30. The lowest BCUT2D eigenvalue weighted by atomic mass is 9.86. The summed E-state index contributed by atoms with van der Waals surface area (Å²) in [5.74, 6) is 1.96. The third-order valence-electron chi connectivity index (χ3n) is 4.49. The van der Waals surface area contributed by atoms with Crippen molar-refractivity contribution in [1.82, 2.24) is 0 Å². The Morgan fingerprint density at radius 2 is 2.00 bits per heavy atom. The summed E-state index contributed by atoms with van der Waals surface area (Å²) in [6, 6.07) is 8.47. The predicted molar refractivity (Wildman–Crippen MR) is 89.2 cm³/mol. The standard InChI is InChI=1S/C19H31NO/c1-16-9-7-12-20(15-16)13-8-14-21-18-11-6-5-10-17(18)19(2,3)4/h5-6,10-11,16H,7-9,12-15H2,1-4H3/p+1/t16-/m1/s1. The second-order valence-electron chi connectivity index (χ2n) is 7.65. The Morgan fingerprint density at radius 1 is 1.24 bits per heavy atom. The first-order chi connectivity index (χ1) is 9.97. The van der Waals surface area contributed by atoms with E-state index in [-0.39, 0.29) is 5.41 Å². The average molecular weight is 290 g/mol. The van der Waals surface area contributed by atoms with Crippen LogP contribution in [-0.2, 0) is 5.41 Å². The molecule has 21 heavy (non-hydrogen) atoms. The minimum absolute atomic E-state index is 0.143. The number of benzene rings is 1. The van der Waals surface area contributed by atoms with Gasteiger partial charge in [0.1, 0.15) is 5.75 Å². The molecule has 1 heterocycles. The van der Waals surface area contributed by atoms with E-state index in [2.05, 4.69) is 52.0 Å². The molecule has 1 aromatic rings. The summed E-state index contributed by atoms with van der Waals surface area (Å²) in [5.41, 5.74) is 1.45. The van der Waals surface area contributed by atoms with E-state index < -0.39 is 0 Å². The molecule has 1 saturated heterocycles. The maximum atomic E-state index is 6.07. The van der Waals surface area contributed by atoms with Crippen LogP contribution in [0.1, 0.15) is 52.5 Å². The lowest BCUT2D eigenvalue weighted by Crippen LogP contribution is -3.13. The maximum Gasteiger partial charge on any atom is 0.123 e. The van der Waals surface area contributed by atoms with Crippen molar-refractivity contribution < 1.29 is 9.64 Å². The average Bonchev–Trinajstić information content (AvgIpc) is 2.43. The Hall–Kier alpha value is -1.02. The smallest absolute Gasteiger partial charge is 0.123 e. The number of likely N-dealkylation sites (tertiary alicyclic amines) is 1. The van der Waals surface area contributed by atoms with Gasteiger partial charge in [-0.05, 0) is 29.9 Å². The molecule has 0 amide bonds. The van der Waals surface area contributed by atoms with E-state index in [1.807, 2.05) is 0 Å². The van der Waals surface area contributed by atoms with Crippen molar-refractivity contribution in [2.75, 3.05) is 26.2 Å². The van der Waals surface area contributed by atoms with Gasteiger partial charge < -0.3 is 9.64 Å². The maximum absolute atomic E-state index is 6.07. The van der Waals surface area contributed by atoms with E-state index in [1.54, 1.807) is 4.90 Å². The Kier molecular flexibility index (Phi) is 5.69. The topological polar surface area (TPSA) is 13.7 Å². The van der Waals surface area contributed by atoms with Crippen molar-refractivity contribution in [3.8, 4) is 5.75 Å². The van der Waals surface area contributed by atoms with Gasteiger partial charge in [-0.3, -0.25) is 0 Å². The molecule has 1 unspecified atom stereocenters. The van der Waals surface area contributed by atoms with Crippen LogP contribution in [0.25, 0.3) is 0 Å². The molecule has 2 nitrogen and oxygen atoms in total. The van der Waals surface area contributed by atoms with Gasteiger partial charge in [0.25, 0.3) is 0 Å². The van der Waals surface area contributed by atoms with Crippen molar-refractivity contribution in [1.29, 1.82) is 0 Å². The summed E-state index contributed by atoms with van der Waals surface area (Å²) in [7, 11) is 0. The quantitative estimate of drug-likeness (QED) is 0.823. The minimum Gasteiger partial charge on any atom is -0.493 e. The largest absolute Gasteiger partial charge is 0.493 e. The number of piperidine rings is 1. The second kappa shape index (κ2) is 7.31. The number of rotatable bonds is 5. The fourth-order valence-corrected chi connectivity index (χ4v) is 3.34. The van der Waals surface area contributed by atoms with Gasteiger partial charge in [-0.25, -0.2) is 0 Å². The highest BCUT2D eigenvalue weighted by molar-refractivity contribution is 5.38. The SMILES string of the molecule is C[C@@H]1CCC[NH+](CCCOc2ccccc2C(C)(C)C)C1. The van der Waals surface area contributed by atoms with Crippen LogP contribution in [0.4, 0.5) is 0 Å². The molecule has 2 rings (SSSR count). The van der Waals surface area contributed by atoms with Crippen LogP contribution in [-0.4, -0.2) is 26.2 Å². The van der Waals surface area contributed by atoms with E-state index in [9.17, 15) is 0 Å². The van der Waals surface area contributed by atoms with E-state index >= 15 is 0 Å². The molecule has 1 aliphatic rings. The van der Waals surface area contributed by atoms with Crippen molar-refractivity contribution in [3.05, 3.63) is 29.8 Å². The third kappa shape index (κ3) is 5.03. The van der Waals surface area contributed by atoms with Crippen LogP contribution < -0.4 is 9.64 Å². The molecule has 2 atom stereocenters. The number of ether oxygens (including phenoxy) is 1. The second-order valence-corrected chi connectivity index (χ2v) is 7.65. The Bertz CT molecular complexity index is 435.